The van der Waals surface area contributed by atoms with Crippen LogP contribution in [0.15, 0.2) is 12.1 Å². The van der Waals surface area contributed by atoms with Crippen LogP contribution in [-0.4, -0.2) is 14.1 Å². The van der Waals surface area contributed by atoms with E-state index in [1.165, 1.54) is 22.4 Å². The number of rotatable bonds is 1. The van der Waals surface area contributed by atoms with Gasteiger partial charge in [0.05, 0.1) is 0 Å². The molecule has 1 rings (SSSR count). The number of benzene rings is 1. The normalized spacial score (nSPS) is 7.56. The van der Waals surface area contributed by atoms with Crippen LogP contribution in [0, 0.1) is 20.8 Å². The Hall–Kier alpha value is 0.513. The third-order valence-corrected chi connectivity index (χ3v) is 2.08. The Balaban J connectivity index is -0.000000180. The molecule has 0 saturated carbocycles. The summed E-state index contributed by atoms with van der Waals surface area (Å²) in [6.07, 6.45) is 0. The van der Waals surface area contributed by atoms with Gasteiger partial charge in [-0.3, -0.25) is 0 Å². The molecular weight excluding hydrogens is 318 g/mol. The number of halogens is 3. The minimum Gasteiger partial charge on any atom is -1.00 e. The van der Waals surface area contributed by atoms with Gasteiger partial charge in [-0.1, -0.05) is 17.7 Å². The topological polar surface area (TPSA) is 3.24 Å². The first kappa shape index (κ1) is 25.4. The van der Waals surface area contributed by atoms with E-state index in [0.29, 0.717) is 0 Å². The standard InChI is InChI=1S/C11H17N.3ClH.Zn/c1-8-6-9(2)11(12(4)5)10(3)7-8;;;;/h6-7H,1-5H3;3*1H;/q;;;;+2/p-2. The molecule has 1 nitrogen and oxygen atoms in total. The van der Waals surface area contributed by atoms with Crippen molar-refractivity contribution in [3.05, 3.63) is 28.8 Å². The van der Waals surface area contributed by atoms with E-state index in [0.717, 1.165) is 0 Å². The quantitative estimate of drug-likeness (QED) is 0.498. The van der Waals surface area contributed by atoms with Gasteiger partial charge >= 0.3 is 19.5 Å². The van der Waals surface area contributed by atoms with E-state index in [-0.39, 0.29) is 56.7 Å². The number of aryl methyl sites for hydroxylation is 3. The second kappa shape index (κ2) is 10.7. The zero-order chi connectivity index (χ0) is 9.30. The monoisotopic (exact) mass is 333 g/mol. The van der Waals surface area contributed by atoms with Gasteiger partial charge in [0.15, 0.2) is 0 Å². The van der Waals surface area contributed by atoms with Crippen LogP contribution in [0.5, 0.6) is 0 Å². The molecule has 0 unspecified atom stereocenters. The minimum absolute atomic E-state index is 0. The summed E-state index contributed by atoms with van der Waals surface area (Å²) in [6.45, 7) is 6.46. The van der Waals surface area contributed by atoms with E-state index in [4.69, 9.17) is 0 Å². The summed E-state index contributed by atoms with van der Waals surface area (Å²) < 4.78 is 0. The average molecular weight is 336 g/mol. The SMILES string of the molecule is Cc1cc(C)c(N(C)C)c(C)c1.Cl.[Cl-].[Cl-].[Zn+2]. The molecule has 16 heavy (non-hydrogen) atoms. The maximum absolute atomic E-state index is 2.22. The Bertz CT molecular complexity index is 280. The zero-order valence-corrected chi connectivity index (χ0v) is 15.8. The molecule has 0 aliphatic carbocycles. The average Bonchev–Trinajstić information content (AvgIpc) is 1.82. The van der Waals surface area contributed by atoms with E-state index < -0.39 is 0 Å². The van der Waals surface area contributed by atoms with Crippen molar-refractivity contribution in [2.24, 2.45) is 0 Å². The Kier molecular flexibility index (Phi) is 16.9. The van der Waals surface area contributed by atoms with E-state index in [2.05, 4.69) is 51.9 Å². The molecule has 0 saturated heterocycles. The Morgan fingerprint density at radius 3 is 1.44 bits per heavy atom. The van der Waals surface area contributed by atoms with Crippen molar-refractivity contribution < 1.29 is 44.3 Å². The summed E-state index contributed by atoms with van der Waals surface area (Å²) in [4.78, 5) is 2.17. The van der Waals surface area contributed by atoms with E-state index in [1.807, 2.05) is 0 Å². The van der Waals surface area contributed by atoms with Gasteiger partial charge in [-0.2, -0.15) is 0 Å². The Labute approximate surface area is 130 Å². The fourth-order valence-electron chi connectivity index (χ4n) is 1.88. The fourth-order valence-corrected chi connectivity index (χ4v) is 1.88. The van der Waals surface area contributed by atoms with E-state index in [1.54, 1.807) is 0 Å². The van der Waals surface area contributed by atoms with Crippen LogP contribution >= 0.6 is 12.4 Å². The van der Waals surface area contributed by atoms with Crippen molar-refractivity contribution in [1.29, 1.82) is 0 Å². The predicted molar refractivity (Wildman–Crippen MR) is 62.2 cm³/mol. The van der Waals surface area contributed by atoms with Gasteiger partial charge in [-0.05, 0) is 31.9 Å². The molecule has 5 heteroatoms. The number of hydrogen-bond acceptors (Lipinski definition) is 1. The largest absolute Gasteiger partial charge is 2.00 e. The smallest absolute Gasteiger partial charge is 1.00 e. The number of hydrogen-bond donors (Lipinski definition) is 0. The third kappa shape index (κ3) is 6.30. The van der Waals surface area contributed by atoms with Gasteiger partial charge < -0.3 is 29.7 Å². The molecule has 0 aliphatic rings. The van der Waals surface area contributed by atoms with Crippen molar-refractivity contribution in [3.63, 3.8) is 0 Å². The Morgan fingerprint density at radius 2 is 1.19 bits per heavy atom. The molecule has 0 fully saturated rings. The second-order valence-corrected chi connectivity index (χ2v) is 3.64. The third-order valence-electron chi connectivity index (χ3n) is 2.08. The summed E-state index contributed by atoms with van der Waals surface area (Å²) in [7, 11) is 4.18. The van der Waals surface area contributed by atoms with Crippen LogP contribution in [0.3, 0.4) is 0 Å². The maximum atomic E-state index is 2.22. The molecular formula is C11H18Cl3NZn. The van der Waals surface area contributed by atoms with E-state index in [9.17, 15) is 0 Å². The summed E-state index contributed by atoms with van der Waals surface area (Å²) in [6, 6.07) is 4.45. The van der Waals surface area contributed by atoms with Gasteiger partial charge in [0.1, 0.15) is 0 Å². The van der Waals surface area contributed by atoms with Gasteiger partial charge in [-0.15, -0.1) is 12.4 Å². The summed E-state index contributed by atoms with van der Waals surface area (Å²) in [5, 5.41) is 0. The van der Waals surface area contributed by atoms with Crippen LogP contribution in [0.2, 0.25) is 0 Å². The molecule has 0 aliphatic heterocycles. The van der Waals surface area contributed by atoms with Crippen LogP contribution < -0.4 is 29.7 Å². The number of anilines is 1. The molecule has 0 radical (unpaired) electrons. The van der Waals surface area contributed by atoms with Gasteiger partial charge in [0.2, 0.25) is 0 Å². The summed E-state index contributed by atoms with van der Waals surface area (Å²) in [5.41, 5.74) is 5.41. The molecule has 0 aromatic heterocycles. The number of nitrogens with zero attached hydrogens (tertiary/aromatic N) is 1. The van der Waals surface area contributed by atoms with Crippen molar-refractivity contribution in [2.45, 2.75) is 20.8 Å². The van der Waals surface area contributed by atoms with E-state index >= 15 is 0 Å². The van der Waals surface area contributed by atoms with Gasteiger partial charge in [-0.25, -0.2) is 0 Å². The molecule has 0 heterocycles. The first-order valence-electron chi connectivity index (χ1n) is 4.27. The zero-order valence-electron chi connectivity index (χ0n) is 10.5. The Morgan fingerprint density at radius 1 is 0.875 bits per heavy atom. The van der Waals surface area contributed by atoms with Crippen LogP contribution in [0.4, 0.5) is 5.69 Å². The molecule has 1 aromatic rings. The molecule has 90 valence electrons. The summed E-state index contributed by atoms with van der Waals surface area (Å²) in [5.74, 6) is 0. The molecule has 0 atom stereocenters. The predicted octanol–water partition coefficient (Wildman–Crippen LogP) is -2.89. The summed E-state index contributed by atoms with van der Waals surface area (Å²) >= 11 is 0. The minimum atomic E-state index is 0. The molecule has 1 aromatic carbocycles. The fraction of sp³-hybridized carbons (Fsp3) is 0.455. The molecule has 0 amide bonds. The van der Waals surface area contributed by atoms with Crippen molar-refractivity contribution in [2.75, 3.05) is 19.0 Å². The molecule has 0 N–H and O–H groups in total. The van der Waals surface area contributed by atoms with Crippen molar-refractivity contribution in [1.82, 2.24) is 0 Å². The van der Waals surface area contributed by atoms with Crippen molar-refractivity contribution >= 4 is 18.1 Å². The van der Waals surface area contributed by atoms with Gasteiger partial charge in [0.25, 0.3) is 0 Å². The first-order valence-corrected chi connectivity index (χ1v) is 4.27. The van der Waals surface area contributed by atoms with Crippen molar-refractivity contribution in [3.8, 4) is 0 Å². The second-order valence-electron chi connectivity index (χ2n) is 3.64. The first-order chi connectivity index (χ1) is 5.52. The molecule has 0 spiro atoms. The van der Waals surface area contributed by atoms with Crippen LogP contribution in [0.25, 0.3) is 0 Å². The van der Waals surface area contributed by atoms with Crippen LogP contribution in [-0.2, 0) is 19.5 Å². The maximum Gasteiger partial charge on any atom is 2.00 e. The molecule has 0 bridgehead atoms. The van der Waals surface area contributed by atoms with Gasteiger partial charge in [0, 0.05) is 19.8 Å². The van der Waals surface area contributed by atoms with Crippen LogP contribution in [0.1, 0.15) is 16.7 Å².